The van der Waals surface area contributed by atoms with E-state index in [1.807, 2.05) is 6.07 Å². The number of nitrogens with one attached hydrogen (secondary N) is 1. The summed E-state index contributed by atoms with van der Waals surface area (Å²) in [6, 6.07) is 8.18. The number of carboxylic acids is 1. The lowest BCUT2D eigenvalue weighted by Crippen LogP contribution is -2.22. The summed E-state index contributed by atoms with van der Waals surface area (Å²) in [4.78, 5) is 27.4. The van der Waals surface area contributed by atoms with Gasteiger partial charge in [-0.25, -0.2) is 9.37 Å². The molecule has 7 nitrogen and oxygen atoms in total. The zero-order valence-electron chi connectivity index (χ0n) is 16.2. The first-order valence-corrected chi connectivity index (χ1v) is 9.07. The smallest absolute Gasteiger partial charge is 0.416 e. The van der Waals surface area contributed by atoms with E-state index >= 15 is 0 Å². The number of hydrogen-bond donors (Lipinski definition) is 2. The van der Waals surface area contributed by atoms with Crippen molar-refractivity contribution in [2.24, 2.45) is 0 Å². The topological polar surface area (TPSA) is 108 Å². The van der Waals surface area contributed by atoms with Gasteiger partial charge in [-0.1, -0.05) is 6.07 Å². The van der Waals surface area contributed by atoms with Gasteiger partial charge >= 0.3 is 12.1 Å². The highest BCUT2D eigenvalue weighted by atomic mass is 19.4. The molecule has 3 aromatic rings. The number of nitriles is 1. The van der Waals surface area contributed by atoms with Crippen molar-refractivity contribution in [3.8, 4) is 11.8 Å². The largest absolute Gasteiger partial charge is 0.481 e. The Morgan fingerprint density at radius 3 is 2.59 bits per heavy atom. The lowest BCUT2D eigenvalue weighted by atomic mass is 10.0. The number of rotatable bonds is 6. The highest BCUT2D eigenvalue weighted by molar-refractivity contribution is 5.67. The van der Waals surface area contributed by atoms with Crippen LogP contribution in [-0.4, -0.2) is 20.6 Å². The predicted molar refractivity (Wildman–Crippen MR) is 105 cm³/mol. The lowest BCUT2D eigenvalue weighted by Gasteiger charge is -2.12. The van der Waals surface area contributed by atoms with Gasteiger partial charge in [0.2, 0.25) is 0 Å². The number of nitrogens with zero attached hydrogens (tertiary/aromatic N) is 3. The fourth-order valence-electron chi connectivity index (χ4n) is 2.90. The molecular formula is C21H14F4N4O3. The normalized spacial score (nSPS) is 11.1. The summed E-state index contributed by atoms with van der Waals surface area (Å²) >= 11 is 0. The fourth-order valence-corrected chi connectivity index (χ4v) is 2.90. The Bertz CT molecular complexity index is 1280. The van der Waals surface area contributed by atoms with Gasteiger partial charge in [0.1, 0.15) is 5.82 Å². The number of hydrogen-bond acceptors (Lipinski definition) is 5. The van der Waals surface area contributed by atoms with Crippen LogP contribution in [0.5, 0.6) is 0 Å². The van der Waals surface area contributed by atoms with Crippen LogP contribution in [0.1, 0.15) is 23.1 Å². The first kappa shape index (κ1) is 22.5. The minimum absolute atomic E-state index is 0.129. The molecule has 0 atom stereocenters. The summed E-state index contributed by atoms with van der Waals surface area (Å²) in [5.41, 5.74) is -1.35. The number of halogens is 4. The summed E-state index contributed by atoms with van der Waals surface area (Å²) in [6.07, 6.45) is -2.24. The number of aromatic nitrogens is 2. The first-order chi connectivity index (χ1) is 15.1. The van der Waals surface area contributed by atoms with E-state index in [-0.39, 0.29) is 35.6 Å². The van der Waals surface area contributed by atoms with Gasteiger partial charge in [-0.3, -0.25) is 14.2 Å². The molecule has 0 saturated carbocycles. The minimum atomic E-state index is -4.72. The maximum Gasteiger partial charge on any atom is 0.416 e. The molecule has 11 heteroatoms. The van der Waals surface area contributed by atoms with Crippen molar-refractivity contribution in [3.63, 3.8) is 0 Å². The Morgan fingerprint density at radius 1 is 1.22 bits per heavy atom. The molecule has 0 aliphatic rings. The zero-order valence-corrected chi connectivity index (χ0v) is 16.2. The molecule has 0 unspecified atom stereocenters. The Morgan fingerprint density at radius 2 is 1.97 bits per heavy atom. The van der Waals surface area contributed by atoms with Gasteiger partial charge in [-0.2, -0.15) is 18.4 Å². The number of carboxylic acid groups (broad SMARTS) is 1. The van der Waals surface area contributed by atoms with E-state index in [0.717, 1.165) is 10.6 Å². The van der Waals surface area contributed by atoms with Crippen LogP contribution in [0.25, 0.3) is 5.69 Å². The molecule has 0 spiro atoms. The Labute approximate surface area is 178 Å². The molecule has 0 saturated heterocycles. The molecule has 0 bridgehead atoms. The number of anilines is 2. The third kappa shape index (κ3) is 4.92. The molecule has 2 N–H and O–H groups in total. The van der Waals surface area contributed by atoms with Crippen LogP contribution < -0.4 is 10.9 Å². The van der Waals surface area contributed by atoms with Crippen LogP contribution in [0.3, 0.4) is 0 Å². The van der Waals surface area contributed by atoms with Crippen molar-refractivity contribution in [3.05, 3.63) is 81.7 Å². The summed E-state index contributed by atoms with van der Waals surface area (Å²) in [5, 5.41) is 20.5. The van der Waals surface area contributed by atoms with E-state index in [1.165, 1.54) is 30.6 Å². The number of alkyl halides is 3. The quantitative estimate of drug-likeness (QED) is 0.554. The van der Waals surface area contributed by atoms with Crippen molar-refractivity contribution in [1.29, 1.82) is 5.26 Å². The van der Waals surface area contributed by atoms with Gasteiger partial charge in [0.05, 0.1) is 28.6 Å². The van der Waals surface area contributed by atoms with Crippen LogP contribution in [0.2, 0.25) is 0 Å². The summed E-state index contributed by atoms with van der Waals surface area (Å²) < 4.78 is 53.3. The molecule has 2 aromatic carbocycles. The van der Waals surface area contributed by atoms with Crippen LogP contribution >= 0.6 is 0 Å². The fraction of sp³-hybridized carbons (Fsp3) is 0.143. The number of aliphatic carboxylic acids is 1. The van der Waals surface area contributed by atoms with E-state index in [0.29, 0.717) is 17.7 Å². The Kier molecular flexibility index (Phi) is 6.25. The van der Waals surface area contributed by atoms with Crippen LogP contribution in [0.15, 0.2) is 53.6 Å². The van der Waals surface area contributed by atoms with Crippen molar-refractivity contribution < 1.29 is 27.5 Å². The molecule has 0 amide bonds. The predicted octanol–water partition coefficient (Wildman–Crippen LogP) is 4.02. The van der Waals surface area contributed by atoms with Crippen molar-refractivity contribution >= 4 is 17.5 Å². The van der Waals surface area contributed by atoms with Crippen LogP contribution in [0.4, 0.5) is 29.1 Å². The van der Waals surface area contributed by atoms with E-state index in [4.69, 9.17) is 5.11 Å². The Balaban J connectivity index is 1.94. The van der Waals surface area contributed by atoms with Gasteiger partial charge in [-0.15, -0.1) is 0 Å². The average molecular weight is 446 g/mol. The second kappa shape index (κ2) is 8.89. The molecule has 164 valence electrons. The van der Waals surface area contributed by atoms with Crippen molar-refractivity contribution in [1.82, 2.24) is 9.55 Å². The Hall–Kier alpha value is -4.20. The first-order valence-electron chi connectivity index (χ1n) is 9.07. The maximum atomic E-state index is 14.1. The van der Waals surface area contributed by atoms with Gasteiger partial charge in [-0.05, 0) is 42.3 Å². The second-order valence-corrected chi connectivity index (χ2v) is 6.62. The maximum absolute atomic E-state index is 14.1. The van der Waals surface area contributed by atoms with Gasteiger partial charge in [0.15, 0.2) is 5.82 Å². The highest BCUT2D eigenvalue weighted by Gasteiger charge is 2.31. The number of aryl methyl sites for hydroxylation is 1. The number of carbonyl (C=O) groups is 1. The molecule has 0 aliphatic heterocycles. The lowest BCUT2D eigenvalue weighted by molar-refractivity contribution is -0.138. The summed E-state index contributed by atoms with van der Waals surface area (Å²) in [7, 11) is 0. The molecule has 3 rings (SSSR count). The third-order valence-corrected chi connectivity index (χ3v) is 4.49. The summed E-state index contributed by atoms with van der Waals surface area (Å²) in [5.74, 6) is -2.58. The molecule has 0 fully saturated rings. The van der Waals surface area contributed by atoms with Crippen molar-refractivity contribution in [2.45, 2.75) is 19.0 Å². The van der Waals surface area contributed by atoms with E-state index in [9.17, 15) is 32.4 Å². The third-order valence-electron chi connectivity index (χ3n) is 4.49. The standard InChI is InChI=1S/C21H14F4N4O3/c22-16-10-14(21(23,24)25)3-5-17(16)28-19-20(32)29(8-7-27-19)15-4-1-12(2-6-18(30)31)13(9-15)11-26/h1,3-5,7-10H,2,6H2,(H,27,28)(H,30,31). The van der Waals surface area contributed by atoms with E-state index in [1.54, 1.807) is 0 Å². The zero-order chi connectivity index (χ0) is 23.5. The molecule has 0 aliphatic carbocycles. The number of benzene rings is 2. The minimum Gasteiger partial charge on any atom is -0.481 e. The van der Waals surface area contributed by atoms with Gasteiger partial charge in [0.25, 0.3) is 5.56 Å². The van der Waals surface area contributed by atoms with Crippen LogP contribution in [0, 0.1) is 17.1 Å². The molecule has 1 aromatic heterocycles. The molecule has 0 radical (unpaired) electrons. The van der Waals surface area contributed by atoms with E-state index in [2.05, 4.69) is 10.3 Å². The van der Waals surface area contributed by atoms with Gasteiger partial charge < -0.3 is 10.4 Å². The SMILES string of the molecule is N#Cc1cc(-n2ccnc(Nc3ccc(C(F)(F)F)cc3F)c2=O)ccc1CCC(=O)O. The second-order valence-electron chi connectivity index (χ2n) is 6.62. The van der Waals surface area contributed by atoms with Crippen molar-refractivity contribution in [2.75, 3.05) is 5.32 Å². The van der Waals surface area contributed by atoms with Crippen LogP contribution in [-0.2, 0) is 17.4 Å². The summed E-state index contributed by atoms with van der Waals surface area (Å²) in [6.45, 7) is 0. The van der Waals surface area contributed by atoms with Gasteiger partial charge in [0, 0.05) is 18.8 Å². The highest BCUT2D eigenvalue weighted by Crippen LogP contribution is 2.31. The molecular weight excluding hydrogens is 432 g/mol. The average Bonchev–Trinajstić information content (AvgIpc) is 2.74. The molecule has 1 heterocycles. The van der Waals surface area contributed by atoms with E-state index < -0.39 is 29.1 Å². The molecule has 32 heavy (non-hydrogen) atoms. The monoisotopic (exact) mass is 446 g/mol.